The zero-order valence-electron chi connectivity index (χ0n) is 18.4. The van der Waals surface area contributed by atoms with Crippen LogP contribution >= 0.6 is 8.25 Å². The van der Waals surface area contributed by atoms with E-state index in [-0.39, 0.29) is 48.8 Å². The Morgan fingerprint density at radius 1 is 0.625 bits per heavy atom. The molecule has 4 fully saturated rings. The molecule has 0 radical (unpaired) electrons. The molecule has 0 N–H and O–H groups in total. The standard InChI is InChI=1S/C24H27O7P/c1-11-21(26-11)15-7-5-9-17(19(15)23-13(3)28-23)30-32(25)31-18-10-6-8-16(22-12(2)27-22)20(18)24-14(4)29-24/h5-14,21-24,32H,1-4H3. The van der Waals surface area contributed by atoms with Crippen LogP contribution in [0, 0.1) is 0 Å². The smallest absolute Gasteiger partial charge is 0.418 e. The molecule has 0 saturated carbocycles. The highest BCUT2D eigenvalue weighted by Crippen LogP contribution is 2.53. The Morgan fingerprint density at radius 3 is 1.28 bits per heavy atom. The molecule has 0 aliphatic carbocycles. The van der Waals surface area contributed by atoms with Gasteiger partial charge in [0.05, 0.1) is 24.4 Å². The Kier molecular flexibility index (Phi) is 4.90. The van der Waals surface area contributed by atoms with Crippen molar-refractivity contribution >= 4 is 8.25 Å². The summed E-state index contributed by atoms with van der Waals surface area (Å²) in [4.78, 5) is 0. The molecule has 2 aromatic rings. The van der Waals surface area contributed by atoms with Gasteiger partial charge in [-0.15, -0.1) is 0 Å². The Labute approximate surface area is 187 Å². The first-order valence-electron chi connectivity index (χ1n) is 11.2. The van der Waals surface area contributed by atoms with Crippen molar-refractivity contribution in [1.82, 2.24) is 0 Å². The molecule has 32 heavy (non-hydrogen) atoms. The van der Waals surface area contributed by atoms with E-state index in [9.17, 15) is 4.57 Å². The van der Waals surface area contributed by atoms with Crippen molar-refractivity contribution in [3.05, 3.63) is 58.7 Å². The van der Waals surface area contributed by atoms with Crippen LogP contribution in [0.1, 0.15) is 74.4 Å². The molecule has 4 aliphatic rings. The van der Waals surface area contributed by atoms with Gasteiger partial charge in [-0.2, -0.15) is 0 Å². The van der Waals surface area contributed by atoms with Gasteiger partial charge in [-0.1, -0.05) is 24.3 Å². The van der Waals surface area contributed by atoms with Gasteiger partial charge in [0.2, 0.25) is 0 Å². The summed E-state index contributed by atoms with van der Waals surface area (Å²) in [7, 11) is -2.90. The maximum atomic E-state index is 13.1. The van der Waals surface area contributed by atoms with Crippen LogP contribution in [0.25, 0.3) is 0 Å². The second-order valence-electron chi connectivity index (χ2n) is 9.02. The highest BCUT2D eigenvalue weighted by molar-refractivity contribution is 7.34. The van der Waals surface area contributed by atoms with E-state index in [2.05, 4.69) is 0 Å². The quantitative estimate of drug-likeness (QED) is 0.388. The summed E-state index contributed by atoms with van der Waals surface area (Å²) < 4.78 is 47.7. The van der Waals surface area contributed by atoms with Crippen molar-refractivity contribution in [2.45, 2.75) is 76.5 Å². The van der Waals surface area contributed by atoms with Gasteiger partial charge in [-0.25, -0.2) is 4.57 Å². The van der Waals surface area contributed by atoms with E-state index < -0.39 is 8.25 Å². The molecule has 4 heterocycles. The first kappa shape index (κ1) is 20.7. The molecule has 170 valence electrons. The molecule has 0 amide bonds. The van der Waals surface area contributed by atoms with E-state index in [0.717, 1.165) is 22.3 Å². The Bertz CT molecular complexity index is 1000. The first-order valence-corrected chi connectivity index (χ1v) is 12.4. The molecule has 8 atom stereocenters. The molecule has 4 saturated heterocycles. The minimum Gasteiger partial charge on any atom is -0.418 e. The maximum Gasteiger partial charge on any atom is 0.418 e. The number of hydrogen-bond donors (Lipinski definition) is 0. The van der Waals surface area contributed by atoms with E-state index in [0.29, 0.717) is 11.5 Å². The van der Waals surface area contributed by atoms with Crippen molar-refractivity contribution in [3.8, 4) is 11.5 Å². The average molecular weight is 458 g/mol. The fourth-order valence-electron chi connectivity index (χ4n) is 4.61. The van der Waals surface area contributed by atoms with Crippen molar-refractivity contribution < 1.29 is 32.6 Å². The van der Waals surface area contributed by atoms with Crippen LogP contribution < -0.4 is 9.05 Å². The molecule has 7 nitrogen and oxygen atoms in total. The molecule has 0 bridgehead atoms. The summed E-state index contributed by atoms with van der Waals surface area (Å²) >= 11 is 0. The lowest BCUT2D eigenvalue weighted by atomic mass is 9.98. The Morgan fingerprint density at radius 2 is 0.969 bits per heavy atom. The summed E-state index contributed by atoms with van der Waals surface area (Å²) in [6.45, 7) is 8.09. The van der Waals surface area contributed by atoms with Crippen LogP contribution in [0.5, 0.6) is 11.5 Å². The fraction of sp³-hybridized carbons (Fsp3) is 0.500. The predicted molar refractivity (Wildman–Crippen MR) is 116 cm³/mol. The topological polar surface area (TPSA) is 85.7 Å². The molecule has 6 rings (SSSR count). The molecule has 2 aromatic carbocycles. The van der Waals surface area contributed by atoms with E-state index in [1.807, 2.05) is 64.1 Å². The minimum absolute atomic E-state index is 0.0190. The van der Waals surface area contributed by atoms with Gasteiger partial charge in [0.25, 0.3) is 0 Å². The van der Waals surface area contributed by atoms with Gasteiger partial charge in [0.15, 0.2) is 0 Å². The van der Waals surface area contributed by atoms with E-state index >= 15 is 0 Å². The zero-order valence-corrected chi connectivity index (χ0v) is 19.4. The molecule has 0 spiro atoms. The minimum atomic E-state index is -2.90. The van der Waals surface area contributed by atoms with Gasteiger partial charge < -0.3 is 28.0 Å². The average Bonchev–Trinajstić information content (AvgIpc) is 3.56. The van der Waals surface area contributed by atoms with Gasteiger partial charge >= 0.3 is 8.25 Å². The van der Waals surface area contributed by atoms with Crippen molar-refractivity contribution in [2.24, 2.45) is 0 Å². The van der Waals surface area contributed by atoms with Gasteiger partial charge in [0, 0.05) is 11.1 Å². The highest BCUT2D eigenvalue weighted by Gasteiger charge is 2.47. The molecule has 0 aromatic heterocycles. The van der Waals surface area contributed by atoms with Crippen molar-refractivity contribution in [1.29, 1.82) is 0 Å². The maximum absolute atomic E-state index is 13.1. The summed E-state index contributed by atoms with van der Waals surface area (Å²) in [6, 6.07) is 11.5. The number of benzene rings is 2. The zero-order chi connectivity index (χ0) is 22.1. The number of rotatable bonds is 8. The highest BCUT2D eigenvalue weighted by atomic mass is 31.1. The normalized spacial score (nSPS) is 37.5. The third-order valence-corrected chi connectivity index (χ3v) is 7.39. The predicted octanol–water partition coefficient (Wildman–Crippen LogP) is 5.37. The summed E-state index contributed by atoms with van der Waals surface area (Å²) in [5.74, 6) is 1.05. The third-order valence-electron chi connectivity index (χ3n) is 6.61. The fourth-order valence-corrected chi connectivity index (χ4v) is 5.36. The van der Waals surface area contributed by atoms with Crippen LogP contribution in [0.2, 0.25) is 0 Å². The van der Waals surface area contributed by atoms with Crippen LogP contribution in [-0.2, 0) is 23.5 Å². The van der Waals surface area contributed by atoms with E-state index in [4.69, 9.17) is 28.0 Å². The number of ether oxygens (including phenoxy) is 4. The van der Waals surface area contributed by atoms with Crippen LogP contribution in [0.4, 0.5) is 0 Å². The second kappa shape index (κ2) is 7.57. The monoisotopic (exact) mass is 458 g/mol. The lowest BCUT2D eigenvalue weighted by molar-refractivity contribution is 0.361. The molecule has 8 heteroatoms. The molecular weight excluding hydrogens is 431 g/mol. The van der Waals surface area contributed by atoms with Crippen LogP contribution in [-0.4, -0.2) is 24.4 Å². The van der Waals surface area contributed by atoms with Crippen molar-refractivity contribution in [3.63, 3.8) is 0 Å². The van der Waals surface area contributed by atoms with Gasteiger partial charge in [0.1, 0.15) is 35.9 Å². The van der Waals surface area contributed by atoms with Crippen LogP contribution in [0.3, 0.4) is 0 Å². The Hall–Kier alpha value is -1.89. The van der Waals surface area contributed by atoms with Gasteiger partial charge in [-0.05, 0) is 51.0 Å². The van der Waals surface area contributed by atoms with Crippen molar-refractivity contribution in [2.75, 3.05) is 0 Å². The molecule has 4 aliphatic heterocycles. The number of hydrogen-bond acceptors (Lipinski definition) is 7. The lowest BCUT2D eigenvalue weighted by Gasteiger charge is -2.16. The summed E-state index contributed by atoms with van der Waals surface area (Å²) in [5.41, 5.74) is 3.87. The summed E-state index contributed by atoms with van der Waals surface area (Å²) in [5, 5.41) is 0. The van der Waals surface area contributed by atoms with E-state index in [1.165, 1.54) is 0 Å². The molecule has 8 unspecified atom stereocenters. The third kappa shape index (κ3) is 3.76. The SMILES string of the molecule is CC1OC1c1cccc(O[PH](=O)Oc2cccc(C3OC3C)c2C2OC2C)c1C1OC1C. The van der Waals surface area contributed by atoms with Crippen LogP contribution in [0.15, 0.2) is 36.4 Å². The largest absolute Gasteiger partial charge is 0.418 e. The van der Waals surface area contributed by atoms with Gasteiger partial charge in [-0.3, -0.25) is 0 Å². The first-order chi connectivity index (χ1) is 15.4. The Balaban J connectivity index is 1.27. The van der Waals surface area contributed by atoms with E-state index in [1.54, 1.807) is 0 Å². The lowest BCUT2D eigenvalue weighted by Crippen LogP contribution is -2.01. The second-order valence-corrected chi connectivity index (χ2v) is 9.93. The summed E-state index contributed by atoms with van der Waals surface area (Å²) in [6.07, 6.45) is 0.367. The number of epoxide rings is 4. The molecular formula is C24H27O7P.